The second-order valence-corrected chi connectivity index (χ2v) is 28.4. The third-order valence-electron chi connectivity index (χ3n) is 15.6. The molecule has 0 N–H and O–H groups in total. The molecule has 0 saturated carbocycles. The van der Waals surface area contributed by atoms with Gasteiger partial charge in [-0.15, -0.1) is 0 Å². The number of aromatic nitrogens is 5. The smallest absolute Gasteiger partial charge is 0.201 e. The van der Waals surface area contributed by atoms with E-state index in [9.17, 15) is 0 Å². The molecule has 0 saturated heterocycles. The number of benzene rings is 5. The van der Waals surface area contributed by atoms with E-state index in [0.29, 0.717) is 27.8 Å². The Morgan fingerprint density at radius 1 is 0.319 bits per heavy atom. The van der Waals surface area contributed by atoms with Crippen molar-refractivity contribution in [3.05, 3.63) is 267 Å². The van der Waals surface area contributed by atoms with E-state index < -0.39 is 62.3 Å². The van der Waals surface area contributed by atoms with Gasteiger partial charge in [-0.25, -0.2) is 22.8 Å². The van der Waals surface area contributed by atoms with E-state index in [-0.39, 0.29) is 5.92 Å². The normalized spacial score (nSPS) is 15.0. The molecular weight excluding hydrogens is 1140 g/mol. The van der Waals surface area contributed by atoms with Crippen LogP contribution in [0.25, 0.3) is 56.3 Å². The molecule has 0 aliphatic rings. The fraction of sp³-hybridized carbons (Fsp3) is 0.382. The maximum Gasteiger partial charge on any atom is 0.212 e. The van der Waals surface area contributed by atoms with Gasteiger partial charge in [0.25, 0.3) is 0 Å². The lowest BCUT2D eigenvalue weighted by molar-refractivity contribution is -0.661. The summed E-state index contributed by atoms with van der Waals surface area (Å²) in [5.74, 6) is -0.0492. The first-order chi connectivity index (χ1) is 50.7. The molecule has 0 aliphatic carbocycles. The first kappa shape index (κ1) is 53.1. The number of pyridine rings is 5. The largest absolute Gasteiger partial charge is 0.212 e. The van der Waals surface area contributed by atoms with Gasteiger partial charge in [-0.2, -0.15) is 0 Å². The van der Waals surface area contributed by atoms with Gasteiger partial charge in [0.2, 0.25) is 28.5 Å². The van der Waals surface area contributed by atoms with Crippen LogP contribution >= 0.6 is 0 Å². The fourth-order valence-corrected chi connectivity index (χ4v) is 11.1. The molecule has 0 aliphatic heterocycles. The Kier molecular flexibility index (Phi) is 18.5. The molecule has 0 spiro atoms. The average Bonchev–Trinajstić information content (AvgIpc) is 0.779. The lowest BCUT2D eigenvalue weighted by Crippen LogP contribution is -2.32. The molecule has 5 aromatic heterocycles. The monoisotopic (exact) mass is 1270 g/mol. The fourth-order valence-electron chi connectivity index (χ4n) is 11.1. The molecule has 10 aromatic rings. The van der Waals surface area contributed by atoms with Crippen molar-refractivity contribution in [2.75, 3.05) is 0 Å². The summed E-state index contributed by atoms with van der Waals surface area (Å²) in [6.45, 7) is 28.5. The van der Waals surface area contributed by atoms with Crippen LogP contribution in [0.2, 0.25) is 0 Å². The van der Waals surface area contributed by atoms with Gasteiger partial charge >= 0.3 is 0 Å². The summed E-state index contributed by atoms with van der Waals surface area (Å²) in [6.07, 6.45) is 3.70. The summed E-state index contributed by atoms with van der Waals surface area (Å²) in [6, 6.07) is 50.5. The molecule has 5 heterocycles. The van der Waals surface area contributed by atoms with Crippen molar-refractivity contribution in [2.45, 2.75) is 171 Å². The van der Waals surface area contributed by atoms with E-state index >= 15 is 0 Å². The zero-order valence-corrected chi connectivity index (χ0v) is 60.7. The minimum atomic E-state index is -2.15. The Bertz CT molecular complexity index is 4930. The Morgan fingerprint density at radius 3 is 1.02 bits per heavy atom. The third kappa shape index (κ3) is 22.2. The van der Waals surface area contributed by atoms with Gasteiger partial charge in [0.1, 0.15) is 35.2 Å². The van der Waals surface area contributed by atoms with Crippen molar-refractivity contribution in [2.24, 2.45) is 57.4 Å². The minimum absolute atomic E-state index is 0.0492. The lowest BCUT2D eigenvalue weighted by atomic mass is 9.87. The van der Waals surface area contributed by atoms with Crippen molar-refractivity contribution < 1.29 is 46.1 Å². The van der Waals surface area contributed by atoms with Crippen LogP contribution in [-0.4, -0.2) is 0 Å². The van der Waals surface area contributed by atoms with Crippen LogP contribution in [0.1, 0.15) is 177 Å². The molecule has 0 radical (unpaired) electrons. The van der Waals surface area contributed by atoms with Crippen LogP contribution in [0.15, 0.2) is 189 Å². The topological polar surface area (TPSA) is 19.4 Å². The predicted octanol–water partition coefficient (Wildman–Crippen LogP) is 19.9. The summed E-state index contributed by atoms with van der Waals surface area (Å²) in [5, 5.41) is 0. The molecule has 5 nitrogen and oxygen atoms in total. The Morgan fingerprint density at radius 2 is 0.660 bits per heavy atom. The Labute approximate surface area is 594 Å². The molecule has 0 fully saturated rings. The molecule has 0 atom stereocenters. The van der Waals surface area contributed by atoms with Crippen LogP contribution in [0.4, 0.5) is 0 Å². The molecule has 10 rings (SSSR count). The SMILES string of the molecule is [2H]C([2H])([2H])c1ccc(-c2cc(C)c(C([2H])([2H])[2H])c[n+]2C)c(C)c1.[2H]C([2H])([2H])c1ccc(-c2ccc(C([2H])([2H])C(C)(C)C)c[n+]2C)c(C)c1.[2H]C([2H])(c1c[n+](C)c(-c2ccccc2C)cc1C)C(C)(C)C.[2H]C([2H])(c1ccc(-c2ccccc2C)[n+](C)c1)C(C)(C)C.[2H]C([2H])(c1ccc(-c2ccccc2C)[n+](C)c1)C(C)C. The minimum Gasteiger partial charge on any atom is -0.201 e. The van der Waals surface area contributed by atoms with Gasteiger partial charge < -0.3 is 0 Å². The second kappa shape index (κ2) is 32.8. The molecule has 5 aromatic carbocycles. The van der Waals surface area contributed by atoms with E-state index in [1.54, 1.807) is 55.1 Å². The quantitative estimate of drug-likeness (QED) is 0.122. The van der Waals surface area contributed by atoms with Crippen LogP contribution in [0.3, 0.4) is 0 Å². The highest BCUT2D eigenvalue weighted by atomic mass is 14.9. The van der Waals surface area contributed by atoms with E-state index in [1.165, 1.54) is 33.4 Å². The molecule has 0 bridgehead atoms. The van der Waals surface area contributed by atoms with Crippen LogP contribution < -0.4 is 22.8 Å². The van der Waals surface area contributed by atoms with Crippen LogP contribution in [0.5, 0.6) is 0 Å². The van der Waals surface area contributed by atoms with Gasteiger partial charge in [0.15, 0.2) is 31.0 Å². The number of nitrogens with zero attached hydrogens (tertiary/aromatic N) is 5. The summed E-state index contributed by atoms with van der Waals surface area (Å²) in [7, 11) is 9.62. The van der Waals surface area contributed by atoms with Crippen LogP contribution in [-0.2, 0) is 60.7 Å². The lowest BCUT2D eigenvalue weighted by Gasteiger charge is -2.19. The number of hydrogen-bond donors (Lipinski definition) is 0. The van der Waals surface area contributed by atoms with Crippen LogP contribution in [0, 0.1) is 91.2 Å². The van der Waals surface area contributed by atoms with Crippen molar-refractivity contribution in [3.63, 3.8) is 0 Å². The summed E-state index contributed by atoms with van der Waals surface area (Å²) in [4.78, 5) is 0. The molecule has 0 unspecified atom stereocenters. The van der Waals surface area contributed by atoms with Gasteiger partial charge in [0.05, 0.1) is 0 Å². The maximum atomic E-state index is 8.53. The maximum absolute atomic E-state index is 8.53. The Hall–Kier alpha value is -8.15. The highest BCUT2D eigenvalue weighted by Gasteiger charge is 2.22. The van der Waals surface area contributed by atoms with Crippen molar-refractivity contribution in [1.29, 1.82) is 0 Å². The first-order valence-corrected chi connectivity index (χ1v) is 32.6. The summed E-state index contributed by atoms with van der Waals surface area (Å²) in [5.41, 5.74) is 20.0. The highest BCUT2D eigenvalue weighted by molar-refractivity contribution is 5.65. The molecule has 0 amide bonds. The van der Waals surface area contributed by atoms with E-state index in [0.717, 1.165) is 73.0 Å². The van der Waals surface area contributed by atoms with Gasteiger partial charge in [-0.3, -0.25) is 0 Å². The Balaban J connectivity index is 0.000000217. The van der Waals surface area contributed by atoms with Gasteiger partial charge in [-0.05, 0) is 204 Å². The number of hydrogen-bond acceptors (Lipinski definition) is 0. The zero-order valence-electron chi connectivity index (χ0n) is 77.7. The van der Waals surface area contributed by atoms with E-state index in [1.807, 2.05) is 253 Å². The summed E-state index contributed by atoms with van der Waals surface area (Å²) >= 11 is 0. The van der Waals surface area contributed by atoms with Crippen molar-refractivity contribution >= 4 is 0 Å². The molecule has 5 heteroatoms. The first-order valence-electron chi connectivity index (χ1n) is 41.1. The van der Waals surface area contributed by atoms with Crippen molar-refractivity contribution in [3.8, 4) is 56.3 Å². The van der Waals surface area contributed by atoms with E-state index in [4.69, 9.17) is 23.3 Å². The van der Waals surface area contributed by atoms with E-state index in [2.05, 4.69) is 63.2 Å². The van der Waals surface area contributed by atoms with Gasteiger partial charge in [-0.1, -0.05) is 166 Å². The standard InChI is InChI=1S/2C19H26N.C18H24N.C17H22N.C16H20N/c1-14-7-9-17(15(2)11-14)18-10-8-16(13-20(18)6)12-19(3,4)5;1-14-9-7-8-10-17(14)18-11-15(2)16(13-20(18)6)12-19(3,4)5;1-14-8-6-7-9-16(14)17-11-10-15(13-19(17)5)12-18(2,3)4;1-13(2)11-15-9-10-17(18(4)12-15)16-8-6-5-7-14(16)3;1-11-6-7-15(13(3)8-11)16-9-12(2)14(4)10-17(16)5/h2*7-11,13H,12H2,1-6H3;6-11,13H,12H2,1-5H3;5-10,12-13H,11H2,1-4H3;6-10H,1-5H3/q5*+1/i1D3,12D2;2*12D2;11D2;1D3,4D3. The van der Waals surface area contributed by atoms with Gasteiger partial charge in [0, 0.05) is 109 Å². The third-order valence-corrected chi connectivity index (χ3v) is 15.6. The average molecular weight is 1280 g/mol. The second-order valence-electron chi connectivity index (χ2n) is 28.4. The zero-order chi connectivity index (χ0) is 84.2. The van der Waals surface area contributed by atoms with Crippen molar-refractivity contribution in [1.82, 2.24) is 0 Å². The molecule has 94 heavy (non-hydrogen) atoms. The number of aryl methyl sites for hydroxylation is 15. The molecular formula is C89H118N5+5. The highest BCUT2D eigenvalue weighted by Crippen LogP contribution is 2.29. The summed E-state index contributed by atoms with van der Waals surface area (Å²) < 4.78 is 145. The molecule has 494 valence electrons. The number of rotatable bonds is 10. The predicted molar refractivity (Wildman–Crippen MR) is 401 cm³/mol.